The Labute approximate surface area is 88.3 Å². The van der Waals surface area contributed by atoms with Gasteiger partial charge in [-0.3, -0.25) is 0 Å². The maximum atomic E-state index is 9.59. The van der Waals surface area contributed by atoms with Crippen molar-refractivity contribution in [3.63, 3.8) is 0 Å². The van der Waals surface area contributed by atoms with Crippen molar-refractivity contribution in [2.45, 2.75) is 77.4 Å². The van der Waals surface area contributed by atoms with Crippen LogP contribution >= 0.6 is 0 Å². The Balaban J connectivity index is 3.39. The third kappa shape index (κ3) is 7.34. The minimum Gasteiger partial charge on any atom is -0.390 e. The van der Waals surface area contributed by atoms with Crippen molar-refractivity contribution in [2.75, 3.05) is 0 Å². The van der Waals surface area contributed by atoms with Gasteiger partial charge in [0, 0.05) is 0 Å². The molecule has 0 aliphatic rings. The fourth-order valence-electron chi connectivity index (χ4n) is 1.59. The molecule has 0 saturated heterocycles. The molecular formula is C12H26O2. The van der Waals surface area contributed by atoms with E-state index in [9.17, 15) is 10.2 Å². The van der Waals surface area contributed by atoms with Crippen LogP contribution in [0.5, 0.6) is 0 Å². The molecule has 2 unspecified atom stereocenters. The van der Waals surface area contributed by atoms with E-state index in [2.05, 4.69) is 13.8 Å². The molecule has 0 aromatic rings. The van der Waals surface area contributed by atoms with Gasteiger partial charge in [0.25, 0.3) is 0 Å². The highest BCUT2D eigenvalue weighted by Gasteiger charge is 2.14. The fourth-order valence-corrected chi connectivity index (χ4v) is 1.59. The summed E-state index contributed by atoms with van der Waals surface area (Å²) >= 11 is 0. The van der Waals surface area contributed by atoms with Gasteiger partial charge in [-0.15, -0.1) is 0 Å². The van der Waals surface area contributed by atoms with E-state index in [1.54, 1.807) is 0 Å². The maximum Gasteiger partial charge on any atom is 0.0799 e. The molecule has 0 aliphatic carbocycles. The summed E-state index contributed by atoms with van der Waals surface area (Å²) in [6, 6.07) is 0. The largest absolute Gasteiger partial charge is 0.390 e. The van der Waals surface area contributed by atoms with E-state index in [0.717, 1.165) is 38.5 Å². The van der Waals surface area contributed by atoms with Gasteiger partial charge in [0.1, 0.15) is 0 Å². The monoisotopic (exact) mass is 202 g/mol. The normalized spacial score (nSPS) is 15.4. The Morgan fingerprint density at radius 1 is 0.714 bits per heavy atom. The first kappa shape index (κ1) is 13.9. The summed E-state index contributed by atoms with van der Waals surface area (Å²) in [6.07, 6.45) is 7.19. The summed E-state index contributed by atoms with van der Waals surface area (Å²) in [4.78, 5) is 0. The number of hydrogen-bond donors (Lipinski definition) is 2. The van der Waals surface area contributed by atoms with Crippen LogP contribution in [-0.2, 0) is 0 Å². The van der Waals surface area contributed by atoms with Gasteiger partial charge in [-0.05, 0) is 12.8 Å². The molecule has 86 valence electrons. The molecular weight excluding hydrogens is 176 g/mol. The van der Waals surface area contributed by atoms with Crippen LogP contribution in [0.1, 0.15) is 65.2 Å². The van der Waals surface area contributed by atoms with Crippen LogP contribution in [0.2, 0.25) is 0 Å². The quantitative estimate of drug-likeness (QED) is 0.564. The highest BCUT2D eigenvalue weighted by atomic mass is 16.3. The van der Waals surface area contributed by atoms with Crippen molar-refractivity contribution >= 4 is 0 Å². The third-order valence-corrected chi connectivity index (χ3v) is 2.65. The van der Waals surface area contributed by atoms with Gasteiger partial charge in [-0.2, -0.15) is 0 Å². The first-order chi connectivity index (χ1) is 6.72. The smallest absolute Gasteiger partial charge is 0.0799 e. The van der Waals surface area contributed by atoms with E-state index in [1.165, 1.54) is 12.8 Å². The van der Waals surface area contributed by atoms with Crippen LogP contribution in [0.15, 0.2) is 0 Å². The van der Waals surface area contributed by atoms with Gasteiger partial charge in [0.05, 0.1) is 12.2 Å². The average molecular weight is 202 g/mol. The van der Waals surface area contributed by atoms with E-state index >= 15 is 0 Å². The predicted octanol–water partition coefficient (Wildman–Crippen LogP) is 2.87. The molecule has 0 aromatic carbocycles. The predicted molar refractivity (Wildman–Crippen MR) is 60.3 cm³/mol. The van der Waals surface area contributed by atoms with Crippen LogP contribution in [0.3, 0.4) is 0 Å². The van der Waals surface area contributed by atoms with Gasteiger partial charge in [0.2, 0.25) is 0 Å². The minimum absolute atomic E-state index is 0.501. The number of rotatable bonds is 9. The van der Waals surface area contributed by atoms with Crippen LogP contribution in [0.25, 0.3) is 0 Å². The van der Waals surface area contributed by atoms with Crippen molar-refractivity contribution < 1.29 is 10.2 Å². The molecule has 0 saturated carbocycles. The Bertz CT molecular complexity index is 101. The van der Waals surface area contributed by atoms with E-state index in [-0.39, 0.29) is 0 Å². The van der Waals surface area contributed by atoms with Crippen molar-refractivity contribution in [2.24, 2.45) is 0 Å². The molecule has 2 N–H and O–H groups in total. The van der Waals surface area contributed by atoms with Crippen LogP contribution in [-0.4, -0.2) is 22.4 Å². The summed E-state index contributed by atoms with van der Waals surface area (Å²) in [5.41, 5.74) is 0. The Morgan fingerprint density at radius 2 is 1.07 bits per heavy atom. The van der Waals surface area contributed by atoms with E-state index in [1.807, 2.05) is 0 Å². The molecule has 14 heavy (non-hydrogen) atoms. The highest BCUT2D eigenvalue weighted by Crippen LogP contribution is 2.12. The van der Waals surface area contributed by atoms with Crippen LogP contribution < -0.4 is 0 Å². The van der Waals surface area contributed by atoms with Crippen molar-refractivity contribution in [3.8, 4) is 0 Å². The molecule has 0 fully saturated rings. The molecule has 0 amide bonds. The zero-order valence-electron chi connectivity index (χ0n) is 9.71. The first-order valence-corrected chi connectivity index (χ1v) is 6.08. The highest BCUT2D eigenvalue weighted by molar-refractivity contribution is 4.67. The number of aliphatic hydroxyl groups excluding tert-OH is 2. The van der Waals surface area contributed by atoms with Gasteiger partial charge >= 0.3 is 0 Å². The number of aliphatic hydroxyl groups is 2. The lowest BCUT2D eigenvalue weighted by molar-refractivity contribution is 0.00725. The lowest BCUT2D eigenvalue weighted by atomic mass is 10.0. The SMILES string of the molecule is CCCCCC(O)C(O)CCCCC. The number of unbranched alkanes of at least 4 members (excludes halogenated alkanes) is 4. The zero-order valence-corrected chi connectivity index (χ0v) is 9.71. The van der Waals surface area contributed by atoms with Crippen LogP contribution in [0, 0.1) is 0 Å². The minimum atomic E-state index is -0.501. The van der Waals surface area contributed by atoms with Crippen molar-refractivity contribution in [1.82, 2.24) is 0 Å². The summed E-state index contributed by atoms with van der Waals surface area (Å²) in [5, 5.41) is 19.2. The van der Waals surface area contributed by atoms with Gasteiger partial charge in [-0.25, -0.2) is 0 Å². The first-order valence-electron chi connectivity index (χ1n) is 6.08. The van der Waals surface area contributed by atoms with Gasteiger partial charge in [-0.1, -0.05) is 52.4 Å². The Morgan fingerprint density at radius 3 is 1.36 bits per heavy atom. The molecule has 0 radical (unpaired) electrons. The third-order valence-electron chi connectivity index (χ3n) is 2.65. The molecule has 0 spiro atoms. The second-order valence-electron chi connectivity index (χ2n) is 4.13. The maximum absolute atomic E-state index is 9.59. The average Bonchev–Trinajstić information content (AvgIpc) is 2.18. The summed E-state index contributed by atoms with van der Waals surface area (Å²) in [7, 11) is 0. The zero-order chi connectivity index (χ0) is 10.8. The second-order valence-corrected chi connectivity index (χ2v) is 4.13. The van der Waals surface area contributed by atoms with Crippen LogP contribution in [0.4, 0.5) is 0 Å². The number of hydrogen-bond acceptors (Lipinski definition) is 2. The van der Waals surface area contributed by atoms with Gasteiger partial charge in [0.15, 0.2) is 0 Å². The van der Waals surface area contributed by atoms with E-state index in [4.69, 9.17) is 0 Å². The Kier molecular flexibility index (Phi) is 9.42. The molecule has 0 heterocycles. The summed E-state index contributed by atoms with van der Waals surface area (Å²) in [5.74, 6) is 0. The van der Waals surface area contributed by atoms with Crippen molar-refractivity contribution in [1.29, 1.82) is 0 Å². The molecule has 0 rings (SSSR count). The summed E-state index contributed by atoms with van der Waals surface area (Å²) in [6.45, 7) is 4.29. The molecule has 0 aliphatic heterocycles. The summed E-state index contributed by atoms with van der Waals surface area (Å²) < 4.78 is 0. The Hall–Kier alpha value is -0.0800. The van der Waals surface area contributed by atoms with E-state index in [0.29, 0.717) is 0 Å². The molecule has 2 atom stereocenters. The molecule has 2 nitrogen and oxygen atoms in total. The van der Waals surface area contributed by atoms with Crippen molar-refractivity contribution in [3.05, 3.63) is 0 Å². The van der Waals surface area contributed by atoms with Gasteiger partial charge < -0.3 is 10.2 Å². The van der Waals surface area contributed by atoms with E-state index < -0.39 is 12.2 Å². The molecule has 0 aromatic heterocycles. The molecule has 0 bridgehead atoms. The standard InChI is InChI=1S/C12H26O2/c1-3-5-7-9-11(13)12(14)10-8-6-4-2/h11-14H,3-10H2,1-2H3. The topological polar surface area (TPSA) is 40.5 Å². The molecule has 2 heteroatoms. The lowest BCUT2D eigenvalue weighted by Gasteiger charge is -2.17. The fraction of sp³-hybridized carbons (Fsp3) is 1.00. The second kappa shape index (κ2) is 9.47. The lowest BCUT2D eigenvalue weighted by Crippen LogP contribution is -2.25.